The number of anilines is 1. The molecule has 30 heavy (non-hydrogen) atoms. The number of nitrogens with zero attached hydrogens (tertiary/aromatic N) is 4. The van der Waals surface area contributed by atoms with Crippen molar-refractivity contribution in [1.29, 1.82) is 0 Å². The van der Waals surface area contributed by atoms with Gasteiger partial charge in [0.05, 0.1) is 23.9 Å². The molecule has 2 N–H and O–H groups in total. The van der Waals surface area contributed by atoms with Gasteiger partial charge in [-0.3, -0.25) is 14.0 Å². The van der Waals surface area contributed by atoms with E-state index < -0.39 is 10.6 Å². The average Bonchev–Trinajstić information content (AvgIpc) is 2.90. The first-order valence-corrected chi connectivity index (χ1v) is 12.8. The first-order chi connectivity index (χ1) is 14.6. The Bertz CT molecular complexity index is 878. The second-order valence-electron chi connectivity index (χ2n) is 8.57. The number of aromatic nitrogens is 2. The van der Waals surface area contributed by atoms with E-state index in [1.165, 1.54) is 36.9 Å². The molecule has 2 aromatic rings. The van der Waals surface area contributed by atoms with Gasteiger partial charge in [-0.1, -0.05) is 12.5 Å². The fourth-order valence-corrected chi connectivity index (χ4v) is 5.72. The van der Waals surface area contributed by atoms with Crippen molar-refractivity contribution in [3.63, 3.8) is 0 Å². The molecule has 0 atom stereocenters. The number of hydrogen-bond donors (Lipinski definition) is 2. The number of hydrogen-bond acceptors (Lipinski definition) is 7. The summed E-state index contributed by atoms with van der Waals surface area (Å²) in [4.78, 5) is 13.5. The van der Waals surface area contributed by atoms with Crippen LogP contribution in [0.2, 0.25) is 0 Å². The highest BCUT2D eigenvalue weighted by Crippen LogP contribution is 2.40. The van der Waals surface area contributed by atoms with Crippen LogP contribution in [0.3, 0.4) is 0 Å². The molecule has 1 aromatic heterocycles. The zero-order valence-electron chi connectivity index (χ0n) is 17.2. The Kier molecular flexibility index (Phi) is 5.58. The summed E-state index contributed by atoms with van der Waals surface area (Å²) < 4.78 is 25.5. The fourth-order valence-electron chi connectivity index (χ4n) is 4.49. The smallest absolute Gasteiger partial charge is 0.225 e. The zero-order chi connectivity index (χ0) is 20.6. The van der Waals surface area contributed by atoms with Gasteiger partial charge < -0.3 is 9.64 Å². The molecule has 0 radical (unpaired) electrons. The minimum Gasteiger partial charge on any atom is -0.454 e. The molecular formula is C22H30N4O3S. The normalized spacial score (nSPS) is 23.2. The zero-order valence-corrected chi connectivity index (χ0v) is 18.1. The Labute approximate surface area is 179 Å². The van der Waals surface area contributed by atoms with E-state index in [2.05, 4.69) is 27.0 Å². The molecule has 2 aliphatic heterocycles. The van der Waals surface area contributed by atoms with Gasteiger partial charge >= 0.3 is 0 Å². The lowest BCUT2D eigenvalue weighted by Gasteiger charge is -2.40. The van der Waals surface area contributed by atoms with E-state index in [9.17, 15) is 9.11 Å². The fraction of sp³-hybridized carbons (Fsp3) is 0.545. The standard InChI is InChI=1S/C22H30N4O3S/c27-30(28)12-10-26(11-13-30)22-23-15-21(16-24-22)29-20-5-4-17-6-8-25(19-2-1-3-19)9-7-18(17)14-20/h4-5,14-16,19,27-28H,1-3,6-13H2. The van der Waals surface area contributed by atoms with E-state index in [0.717, 1.165) is 31.2 Å². The summed E-state index contributed by atoms with van der Waals surface area (Å²) in [5.41, 5.74) is 2.83. The van der Waals surface area contributed by atoms with Crippen LogP contribution in [-0.4, -0.2) is 67.7 Å². The maximum atomic E-state index is 9.75. The van der Waals surface area contributed by atoms with E-state index >= 15 is 0 Å². The molecule has 1 aliphatic carbocycles. The first-order valence-electron chi connectivity index (χ1n) is 10.9. The van der Waals surface area contributed by atoms with Crippen molar-refractivity contribution in [2.45, 2.75) is 38.1 Å². The largest absolute Gasteiger partial charge is 0.454 e. The summed E-state index contributed by atoms with van der Waals surface area (Å²) in [6.07, 6.45) is 9.69. The Hall–Kier alpha value is -1.87. The van der Waals surface area contributed by atoms with Crippen LogP contribution in [0.1, 0.15) is 30.4 Å². The second-order valence-corrected chi connectivity index (χ2v) is 11.0. The van der Waals surface area contributed by atoms with Crippen LogP contribution in [0.25, 0.3) is 0 Å². The Morgan fingerprint density at radius 3 is 2.27 bits per heavy atom. The first kappa shape index (κ1) is 20.1. The van der Waals surface area contributed by atoms with Gasteiger partial charge in [0.2, 0.25) is 5.95 Å². The summed E-state index contributed by atoms with van der Waals surface area (Å²) in [7, 11) is -2.41. The number of ether oxygens (including phenoxy) is 1. The van der Waals surface area contributed by atoms with Gasteiger partial charge in [-0.25, -0.2) is 9.97 Å². The van der Waals surface area contributed by atoms with Crippen molar-refractivity contribution < 1.29 is 13.8 Å². The lowest BCUT2D eigenvalue weighted by Crippen LogP contribution is -2.41. The van der Waals surface area contributed by atoms with Crippen molar-refractivity contribution >= 4 is 16.5 Å². The van der Waals surface area contributed by atoms with E-state index in [4.69, 9.17) is 4.74 Å². The molecule has 7 nitrogen and oxygen atoms in total. The third-order valence-corrected chi connectivity index (χ3v) is 8.29. The molecule has 8 heteroatoms. The molecule has 3 heterocycles. The molecule has 162 valence electrons. The predicted molar refractivity (Wildman–Crippen MR) is 120 cm³/mol. The molecule has 1 saturated carbocycles. The third-order valence-electron chi connectivity index (χ3n) is 6.61. The van der Waals surface area contributed by atoms with Crippen LogP contribution in [0.15, 0.2) is 30.6 Å². The average molecular weight is 431 g/mol. The molecule has 0 unspecified atom stereocenters. The number of benzene rings is 1. The molecule has 0 spiro atoms. The Morgan fingerprint density at radius 1 is 0.900 bits per heavy atom. The summed E-state index contributed by atoms with van der Waals surface area (Å²) in [6, 6.07) is 7.22. The van der Waals surface area contributed by atoms with Crippen molar-refractivity contribution in [1.82, 2.24) is 14.9 Å². The molecule has 0 amide bonds. The van der Waals surface area contributed by atoms with Crippen molar-refractivity contribution in [2.75, 3.05) is 42.6 Å². The van der Waals surface area contributed by atoms with Gasteiger partial charge in [-0.15, -0.1) is 0 Å². The van der Waals surface area contributed by atoms with E-state index in [0.29, 0.717) is 36.3 Å². The third kappa shape index (κ3) is 4.42. The van der Waals surface area contributed by atoms with Gasteiger partial charge in [0, 0.05) is 32.2 Å². The molecule has 5 rings (SSSR count). The monoisotopic (exact) mass is 430 g/mol. The van der Waals surface area contributed by atoms with Crippen LogP contribution in [0.4, 0.5) is 5.95 Å². The van der Waals surface area contributed by atoms with Crippen LogP contribution >= 0.6 is 10.6 Å². The minimum atomic E-state index is -2.41. The molecule has 0 bridgehead atoms. The van der Waals surface area contributed by atoms with Crippen LogP contribution in [0, 0.1) is 0 Å². The molecule has 2 fully saturated rings. The highest BCUT2D eigenvalue weighted by atomic mass is 32.3. The highest BCUT2D eigenvalue weighted by molar-refractivity contribution is 8.24. The van der Waals surface area contributed by atoms with Gasteiger partial charge in [0.1, 0.15) is 5.75 Å². The summed E-state index contributed by atoms with van der Waals surface area (Å²) in [5, 5.41) is 0. The van der Waals surface area contributed by atoms with Crippen LogP contribution in [0.5, 0.6) is 11.5 Å². The lowest BCUT2D eigenvalue weighted by atomic mass is 9.91. The molecule has 3 aliphatic rings. The molecule has 1 saturated heterocycles. The summed E-state index contributed by atoms with van der Waals surface area (Å²) >= 11 is 0. The van der Waals surface area contributed by atoms with Crippen LogP contribution in [-0.2, 0) is 12.8 Å². The summed E-state index contributed by atoms with van der Waals surface area (Å²) in [5.74, 6) is 2.80. The maximum absolute atomic E-state index is 9.75. The number of fused-ring (bicyclic) bond motifs is 1. The minimum absolute atomic E-state index is 0.377. The Morgan fingerprint density at radius 2 is 1.60 bits per heavy atom. The van der Waals surface area contributed by atoms with Crippen molar-refractivity contribution in [2.24, 2.45) is 0 Å². The van der Waals surface area contributed by atoms with Gasteiger partial charge in [-0.05, 0) is 48.9 Å². The molecule has 1 aromatic carbocycles. The van der Waals surface area contributed by atoms with Crippen molar-refractivity contribution in [3.8, 4) is 11.5 Å². The highest BCUT2D eigenvalue weighted by Gasteiger charge is 2.26. The van der Waals surface area contributed by atoms with E-state index in [1.807, 2.05) is 11.0 Å². The second kappa shape index (κ2) is 8.34. The van der Waals surface area contributed by atoms with E-state index in [-0.39, 0.29) is 0 Å². The SMILES string of the molecule is OS1(O)CCN(c2ncc(Oc3ccc4c(c3)CCN(C3CCC3)CC4)cn2)CC1. The van der Waals surface area contributed by atoms with Gasteiger partial charge in [0.25, 0.3) is 0 Å². The summed E-state index contributed by atoms with van der Waals surface area (Å²) in [6.45, 7) is 3.43. The van der Waals surface area contributed by atoms with Crippen molar-refractivity contribution in [3.05, 3.63) is 41.7 Å². The lowest BCUT2D eigenvalue weighted by molar-refractivity contribution is 0.133. The van der Waals surface area contributed by atoms with Crippen LogP contribution < -0.4 is 9.64 Å². The topological polar surface area (TPSA) is 82.0 Å². The van der Waals surface area contributed by atoms with Gasteiger partial charge in [0.15, 0.2) is 5.75 Å². The Balaban J connectivity index is 1.22. The predicted octanol–water partition coefficient (Wildman–Crippen LogP) is 3.79. The number of rotatable bonds is 4. The quantitative estimate of drug-likeness (QED) is 0.764. The van der Waals surface area contributed by atoms with E-state index in [1.54, 1.807) is 12.4 Å². The molecular weight excluding hydrogens is 400 g/mol. The maximum Gasteiger partial charge on any atom is 0.225 e. The van der Waals surface area contributed by atoms with Gasteiger partial charge in [-0.2, -0.15) is 10.6 Å².